The minimum absolute atomic E-state index is 0.0158. The van der Waals surface area contributed by atoms with Gasteiger partial charge in [0.1, 0.15) is 11.6 Å². The first-order chi connectivity index (χ1) is 8.99. The lowest BCUT2D eigenvalue weighted by molar-refractivity contribution is 0.178. The van der Waals surface area contributed by atoms with E-state index in [1.54, 1.807) is 6.07 Å². The molecule has 0 radical (unpaired) electrons. The summed E-state index contributed by atoms with van der Waals surface area (Å²) in [6, 6.07) is 8.44. The van der Waals surface area contributed by atoms with E-state index in [1.807, 2.05) is 0 Å². The summed E-state index contributed by atoms with van der Waals surface area (Å²) in [5.74, 6) is -1.16. The van der Waals surface area contributed by atoms with Crippen LogP contribution in [0.4, 0.5) is 8.78 Å². The van der Waals surface area contributed by atoms with Crippen LogP contribution in [0.15, 0.2) is 36.4 Å². The van der Waals surface area contributed by atoms with Crippen LogP contribution in [-0.4, -0.2) is 5.11 Å². The third-order valence-electron chi connectivity index (χ3n) is 2.75. The van der Waals surface area contributed by atoms with Crippen LogP contribution in [0.25, 0.3) is 0 Å². The maximum absolute atomic E-state index is 13.3. The molecule has 0 fully saturated rings. The van der Waals surface area contributed by atoms with Crippen LogP contribution in [0, 0.1) is 11.6 Å². The number of rotatable bonds is 3. The molecule has 1 atom stereocenters. The van der Waals surface area contributed by atoms with Gasteiger partial charge >= 0.3 is 0 Å². The van der Waals surface area contributed by atoms with Crippen molar-refractivity contribution in [2.45, 2.75) is 12.5 Å². The van der Waals surface area contributed by atoms with E-state index in [4.69, 9.17) is 23.2 Å². The molecule has 2 rings (SSSR count). The third kappa shape index (κ3) is 3.24. The molecule has 1 N–H and O–H groups in total. The third-order valence-corrected chi connectivity index (χ3v) is 3.46. The summed E-state index contributed by atoms with van der Waals surface area (Å²) in [4.78, 5) is 0. The maximum Gasteiger partial charge on any atom is 0.142 e. The number of halogens is 4. The minimum Gasteiger partial charge on any atom is -0.388 e. The Balaban J connectivity index is 2.23. The monoisotopic (exact) mass is 302 g/mol. The van der Waals surface area contributed by atoms with Crippen LogP contribution in [0.2, 0.25) is 10.0 Å². The average Bonchev–Trinajstić information content (AvgIpc) is 2.37. The molecule has 0 aromatic heterocycles. The van der Waals surface area contributed by atoms with E-state index in [1.165, 1.54) is 30.3 Å². The molecule has 0 heterocycles. The number of aliphatic hydroxyl groups is 1. The summed E-state index contributed by atoms with van der Waals surface area (Å²) < 4.78 is 26.6. The molecule has 0 spiro atoms. The lowest BCUT2D eigenvalue weighted by Gasteiger charge is -2.13. The topological polar surface area (TPSA) is 20.2 Å². The Morgan fingerprint density at radius 2 is 1.79 bits per heavy atom. The van der Waals surface area contributed by atoms with Crippen molar-refractivity contribution in [1.29, 1.82) is 0 Å². The molecule has 0 bridgehead atoms. The smallest absolute Gasteiger partial charge is 0.142 e. The van der Waals surface area contributed by atoms with Crippen molar-refractivity contribution in [3.05, 3.63) is 69.2 Å². The molecule has 1 nitrogen and oxygen atoms in total. The largest absolute Gasteiger partial charge is 0.388 e. The molecule has 0 aliphatic heterocycles. The van der Waals surface area contributed by atoms with Crippen LogP contribution < -0.4 is 0 Å². The molecule has 0 amide bonds. The fourth-order valence-electron chi connectivity index (χ4n) is 1.78. The second-order valence-corrected chi connectivity index (χ2v) is 4.90. The second-order valence-electron chi connectivity index (χ2n) is 4.11. The average molecular weight is 303 g/mol. The van der Waals surface area contributed by atoms with E-state index in [0.29, 0.717) is 5.56 Å². The predicted molar refractivity (Wildman–Crippen MR) is 71.5 cm³/mol. The quantitative estimate of drug-likeness (QED) is 0.882. The molecular formula is C14H10Cl2F2O. The van der Waals surface area contributed by atoms with E-state index < -0.39 is 17.7 Å². The standard InChI is InChI=1S/C14H10Cl2F2O/c15-10-5-4-8(6-12(10)18)7-13(19)9-2-1-3-11(17)14(9)16/h1-6,13,19H,7H2. The predicted octanol–water partition coefficient (Wildman–Crippen LogP) is 4.55. The maximum atomic E-state index is 13.3. The second kappa shape index (κ2) is 5.87. The van der Waals surface area contributed by atoms with Gasteiger partial charge in [0.15, 0.2) is 0 Å². The van der Waals surface area contributed by atoms with E-state index in [0.717, 1.165) is 0 Å². The molecule has 2 aromatic rings. The molecule has 1 unspecified atom stereocenters. The van der Waals surface area contributed by atoms with Crippen molar-refractivity contribution in [2.75, 3.05) is 0 Å². The first-order valence-corrected chi connectivity index (χ1v) is 6.30. The Hall–Kier alpha value is -1.16. The van der Waals surface area contributed by atoms with Crippen molar-refractivity contribution in [3.8, 4) is 0 Å². The highest BCUT2D eigenvalue weighted by Crippen LogP contribution is 2.28. The molecule has 0 aliphatic carbocycles. The molecule has 0 saturated carbocycles. The molecule has 0 saturated heterocycles. The van der Waals surface area contributed by atoms with Gasteiger partial charge in [0, 0.05) is 12.0 Å². The van der Waals surface area contributed by atoms with E-state index >= 15 is 0 Å². The lowest BCUT2D eigenvalue weighted by Crippen LogP contribution is -2.04. The fraction of sp³-hybridized carbons (Fsp3) is 0.143. The zero-order valence-corrected chi connectivity index (χ0v) is 11.2. The Morgan fingerprint density at radius 3 is 2.47 bits per heavy atom. The van der Waals surface area contributed by atoms with E-state index in [2.05, 4.69) is 0 Å². The van der Waals surface area contributed by atoms with Gasteiger partial charge in [0.25, 0.3) is 0 Å². The van der Waals surface area contributed by atoms with Gasteiger partial charge in [-0.25, -0.2) is 8.78 Å². The number of aliphatic hydroxyl groups excluding tert-OH is 1. The van der Waals surface area contributed by atoms with E-state index in [-0.39, 0.29) is 22.0 Å². The Kier molecular flexibility index (Phi) is 4.40. The number of hydrogen-bond acceptors (Lipinski definition) is 1. The summed E-state index contributed by atoms with van der Waals surface area (Å²) in [5, 5.41) is 9.93. The summed E-state index contributed by atoms with van der Waals surface area (Å²) in [5.41, 5.74) is 0.826. The van der Waals surface area contributed by atoms with Crippen molar-refractivity contribution in [2.24, 2.45) is 0 Å². The van der Waals surface area contributed by atoms with Crippen LogP contribution in [-0.2, 0) is 6.42 Å². The van der Waals surface area contributed by atoms with Gasteiger partial charge in [0.2, 0.25) is 0 Å². The van der Waals surface area contributed by atoms with Crippen molar-refractivity contribution in [3.63, 3.8) is 0 Å². The van der Waals surface area contributed by atoms with E-state index in [9.17, 15) is 13.9 Å². The zero-order valence-electron chi connectivity index (χ0n) is 9.71. The van der Waals surface area contributed by atoms with Gasteiger partial charge in [-0.3, -0.25) is 0 Å². The van der Waals surface area contributed by atoms with Crippen LogP contribution in [0.1, 0.15) is 17.2 Å². The van der Waals surface area contributed by atoms with Crippen LogP contribution >= 0.6 is 23.2 Å². The molecular weight excluding hydrogens is 293 g/mol. The first kappa shape index (κ1) is 14.3. The highest BCUT2D eigenvalue weighted by Gasteiger charge is 2.15. The number of hydrogen-bond donors (Lipinski definition) is 1. The van der Waals surface area contributed by atoms with Crippen molar-refractivity contribution >= 4 is 23.2 Å². The van der Waals surface area contributed by atoms with Crippen molar-refractivity contribution < 1.29 is 13.9 Å². The van der Waals surface area contributed by atoms with Gasteiger partial charge in [-0.1, -0.05) is 41.4 Å². The van der Waals surface area contributed by atoms with Gasteiger partial charge in [-0.15, -0.1) is 0 Å². The highest BCUT2D eigenvalue weighted by atomic mass is 35.5. The molecule has 19 heavy (non-hydrogen) atoms. The van der Waals surface area contributed by atoms with Gasteiger partial charge in [-0.05, 0) is 23.8 Å². The Morgan fingerprint density at radius 1 is 1.05 bits per heavy atom. The minimum atomic E-state index is -1.01. The summed E-state index contributed by atoms with van der Waals surface area (Å²) in [6.45, 7) is 0. The fourth-order valence-corrected chi connectivity index (χ4v) is 2.15. The normalized spacial score (nSPS) is 12.5. The zero-order chi connectivity index (χ0) is 14.0. The van der Waals surface area contributed by atoms with Crippen LogP contribution in [0.3, 0.4) is 0 Å². The molecule has 100 valence electrons. The number of benzene rings is 2. The molecule has 0 aliphatic rings. The first-order valence-electron chi connectivity index (χ1n) is 5.55. The van der Waals surface area contributed by atoms with Crippen molar-refractivity contribution in [1.82, 2.24) is 0 Å². The summed E-state index contributed by atoms with van der Waals surface area (Å²) >= 11 is 11.4. The van der Waals surface area contributed by atoms with Gasteiger partial charge in [0.05, 0.1) is 16.1 Å². The van der Waals surface area contributed by atoms with Gasteiger partial charge in [-0.2, -0.15) is 0 Å². The highest BCUT2D eigenvalue weighted by molar-refractivity contribution is 6.31. The molecule has 5 heteroatoms. The molecule has 2 aromatic carbocycles. The summed E-state index contributed by atoms with van der Waals surface area (Å²) in [6.07, 6.45) is -0.888. The van der Waals surface area contributed by atoms with Gasteiger partial charge < -0.3 is 5.11 Å². The Bertz CT molecular complexity index is 602. The van der Waals surface area contributed by atoms with Crippen LogP contribution in [0.5, 0.6) is 0 Å². The lowest BCUT2D eigenvalue weighted by atomic mass is 10.0. The Labute approximate surface area is 119 Å². The SMILES string of the molecule is OC(Cc1ccc(Cl)c(F)c1)c1cccc(F)c1Cl. The summed E-state index contributed by atoms with van der Waals surface area (Å²) in [7, 11) is 0.